The van der Waals surface area contributed by atoms with Crippen molar-refractivity contribution in [3.8, 4) is 0 Å². The van der Waals surface area contributed by atoms with E-state index >= 15 is 0 Å². The number of aromatic nitrogens is 3. The number of aryl methyl sites for hydroxylation is 1. The Morgan fingerprint density at radius 1 is 1.11 bits per heavy atom. The zero-order chi connectivity index (χ0) is 30.7. The molecule has 2 bridgehead atoms. The van der Waals surface area contributed by atoms with Gasteiger partial charge in [0.2, 0.25) is 11.8 Å². The number of carbonyl (C=O) groups excluding carboxylic acids is 1. The van der Waals surface area contributed by atoms with Gasteiger partial charge in [-0.3, -0.25) is 9.69 Å². The summed E-state index contributed by atoms with van der Waals surface area (Å²) in [5.41, 5.74) is 0.864. The van der Waals surface area contributed by atoms with Crippen LogP contribution in [0.25, 0.3) is 0 Å². The van der Waals surface area contributed by atoms with Crippen LogP contribution in [0, 0.1) is 12.8 Å². The second-order valence-corrected chi connectivity index (χ2v) is 11.0. The van der Waals surface area contributed by atoms with Gasteiger partial charge in [0, 0.05) is 56.1 Å². The van der Waals surface area contributed by atoms with E-state index < -0.39 is 55.3 Å². The van der Waals surface area contributed by atoms with Crippen molar-refractivity contribution in [2.24, 2.45) is 5.92 Å². The van der Waals surface area contributed by atoms with Crippen LogP contribution in [0.2, 0.25) is 0 Å². The average Bonchev–Trinajstić information content (AvgIpc) is 3.40. The van der Waals surface area contributed by atoms with Crippen LogP contribution < -0.4 is 5.32 Å². The molecule has 2 aliphatic heterocycles. The molecule has 3 atom stereocenters. The normalized spacial score (nSPS) is 31.9. The molecule has 5 rings (SSSR count). The largest absolute Gasteiger partial charge is 0.349 e. The van der Waals surface area contributed by atoms with E-state index in [2.05, 4.69) is 25.0 Å². The first kappa shape index (κ1) is 20.6. The van der Waals surface area contributed by atoms with Gasteiger partial charge in [-0.2, -0.15) is 0 Å². The van der Waals surface area contributed by atoms with E-state index in [0.717, 1.165) is 37.1 Å². The summed E-state index contributed by atoms with van der Waals surface area (Å²) >= 11 is 0. The van der Waals surface area contributed by atoms with Gasteiger partial charge >= 0.3 is 0 Å². The van der Waals surface area contributed by atoms with Crippen molar-refractivity contribution in [1.82, 2.24) is 25.0 Å². The summed E-state index contributed by atoms with van der Waals surface area (Å²) in [4.78, 5) is 15.8. The maximum absolute atomic E-state index is 14.4. The zero-order valence-electron chi connectivity index (χ0n) is 26.9. The van der Waals surface area contributed by atoms with Crippen LogP contribution in [0.1, 0.15) is 114 Å². The molecule has 3 unspecified atom stereocenters. The Morgan fingerprint density at radius 2 is 1.76 bits per heavy atom. The standard InChI is InChI=1S/C29H41F2N5O/c1-19(2)27-34-33-20(3)36(27)25-17-23-9-10-24(18-25)35(23)16-13-26(21-7-5-4-6-8-21)32-28(37)22-11-14-29(30,31)15-12-22/h4-8,19,22-26H,9-18H2,1-3H3,(H,32,37)/i14D2,15D2,19D. The maximum atomic E-state index is 14.4. The third-order valence-electron chi connectivity index (χ3n) is 8.24. The van der Waals surface area contributed by atoms with Crippen LogP contribution in [0.15, 0.2) is 30.3 Å². The highest BCUT2D eigenvalue weighted by Gasteiger charge is 2.42. The lowest BCUT2D eigenvalue weighted by Crippen LogP contribution is -2.45. The highest BCUT2D eigenvalue weighted by molar-refractivity contribution is 5.79. The SMILES string of the molecule is [2H]C(C)(C)c1nnc(C)n1C1CC2CCC(C1)N2CCC(NC(=O)C1CC([2H])([2H])C(F)(F)C([2H])([2H])C1)c1ccccc1. The van der Waals surface area contributed by atoms with Gasteiger partial charge in [-0.1, -0.05) is 44.2 Å². The molecular formula is C29H41F2N5O. The summed E-state index contributed by atoms with van der Waals surface area (Å²) in [6, 6.07) is 9.88. The van der Waals surface area contributed by atoms with Crippen molar-refractivity contribution in [2.45, 2.75) is 114 Å². The number of nitrogens with one attached hydrogen (secondary N) is 1. The molecule has 8 heteroatoms. The number of rotatable bonds is 8. The van der Waals surface area contributed by atoms with Crippen molar-refractivity contribution in [1.29, 1.82) is 0 Å². The van der Waals surface area contributed by atoms with Crippen LogP contribution >= 0.6 is 0 Å². The van der Waals surface area contributed by atoms with Gasteiger partial charge in [0.15, 0.2) is 0 Å². The third-order valence-corrected chi connectivity index (χ3v) is 8.24. The number of hydrogen-bond donors (Lipinski definition) is 1. The Balaban J connectivity index is 1.29. The minimum atomic E-state index is -4.18. The topological polar surface area (TPSA) is 63.1 Å². The van der Waals surface area contributed by atoms with E-state index in [-0.39, 0.29) is 6.04 Å². The number of alkyl halides is 2. The molecule has 2 saturated heterocycles. The highest BCUT2D eigenvalue weighted by atomic mass is 19.3. The third kappa shape index (κ3) is 5.74. The first-order chi connectivity index (χ1) is 19.5. The molecular weight excluding hydrogens is 472 g/mol. The van der Waals surface area contributed by atoms with E-state index in [0.29, 0.717) is 30.9 Å². The quantitative estimate of drug-likeness (QED) is 0.469. The van der Waals surface area contributed by atoms with Gasteiger partial charge in [0.25, 0.3) is 0 Å². The fourth-order valence-electron chi connectivity index (χ4n) is 6.37. The summed E-state index contributed by atoms with van der Waals surface area (Å²) in [5.74, 6) is -5.32. The van der Waals surface area contributed by atoms with Crippen LogP contribution in [-0.4, -0.2) is 50.1 Å². The number of amides is 1. The van der Waals surface area contributed by atoms with E-state index in [1.807, 2.05) is 51.1 Å². The zero-order valence-corrected chi connectivity index (χ0v) is 21.9. The highest BCUT2D eigenvalue weighted by Crippen LogP contribution is 2.42. The number of piperidine rings is 1. The predicted octanol–water partition coefficient (Wildman–Crippen LogP) is 5.95. The van der Waals surface area contributed by atoms with Gasteiger partial charge < -0.3 is 9.88 Å². The fourth-order valence-corrected chi connectivity index (χ4v) is 6.37. The number of benzene rings is 1. The number of hydrogen-bond acceptors (Lipinski definition) is 4. The Morgan fingerprint density at radius 3 is 2.38 bits per heavy atom. The van der Waals surface area contributed by atoms with Gasteiger partial charge in [-0.15, -0.1) is 10.2 Å². The first-order valence-corrected chi connectivity index (χ1v) is 13.4. The Bertz CT molecular complexity index is 1250. The number of fused-ring (bicyclic) bond motifs is 2. The smallest absolute Gasteiger partial charge is 0.248 e. The molecule has 202 valence electrons. The van der Waals surface area contributed by atoms with Crippen molar-refractivity contribution in [3.63, 3.8) is 0 Å². The lowest BCUT2D eigenvalue weighted by molar-refractivity contribution is -0.130. The second-order valence-electron chi connectivity index (χ2n) is 11.0. The second kappa shape index (κ2) is 10.8. The average molecular weight is 519 g/mol. The van der Waals surface area contributed by atoms with Gasteiger partial charge in [-0.25, -0.2) is 8.78 Å². The van der Waals surface area contributed by atoms with E-state index in [4.69, 9.17) is 6.85 Å². The molecule has 1 aromatic heterocycles. The molecule has 3 heterocycles. The Labute approximate surface area is 226 Å². The molecule has 6 nitrogen and oxygen atoms in total. The molecule has 1 aliphatic carbocycles. The lowest BCUT2D eigenvalue weighted by atomic mass is 9.86. The van der Waals surface area contributed by atoms with Crippen molar-refractivity contribution in [3.05, 3.63) is 47.5 Å². The maximum Gasteiger partial charge on any atom is 0.248 e. The minimum Gasteiger partial charge on any atom is -0.349 e. The predicted molar refractivity (Wildman–Crippen MR) is 139 cm³/mol. The number of halogens is 2. The Hall–Kier alpha value is -2.35. The summed E-state index contributed by atoms with van der Waals surface area (Å²) in [6.07, 6.45) is -3.18. The summed E-state index contributed by atoms with van der Waals surface area (Å²) < 4.78 is 70.9. The van der Waals surface area contributed by atoms with Crippen LogP contribution in [0.3, 0.4) is 0 Å². The fraction of sp³-hybridized carbons (Fsp3) is 0.690. The molecule has 37 heavy (non-hydrogen) atoms. The molecule has 1 aromatic carbocycles. The number of carbonyl (C=O) groups is 1. The van der Waals surface area contributed by atoms with Crippen LogP contribution in [-0.2, 0) is 4.79 Å². The van der Waals surface area contributed by atoms with Gasteiger partial charge in [0.05, 0.1) is 6.04 Å². The summed E-state index contributed by atoms with van der Waals surface area (Å²) in [6.45, 7) is 6.31. The number of nitrogens with zero attached hydrogens (tertiary/aromatic N) is 4. The van der Waals surface area contributed by atoms with Gasteiger partial charge in [-0.05, 0) is 57.4 Å². The van der Waals surface area contributed by atoms with E-state index in [1.54, 1.807) is 0 Å². The van der Waals surface area contributed by atoms with Crippen molar-refractivity contribution >= 4 is 5.91 Å². The van der Waals surface area contributed by atoms with Crippen LogP contribution in [0.4, 0.5) is 8.78 Å². The molecule has 0 spiro atoms. The van der Waals surface area contributed by atoms with E-state index in [9.17, 15) is 13.6 Å². The minimum absolute atomic E-state index is 0.215. The first-order valence-electron chi connectivity index (χ1n) is 15.9. The van der Waals surface area contributed by atoms with Gasteiger partial charge in [0.1, 0.15) is 11.6 Å². The van der Waals surface area contributed by atoms with Crippen molar-refractivity contribution < 1.29 is 20.4 Å². The lowest BCUT2D eigenvalue weighted by Gasteiger charge is -2.40. The monoisotopic (exact) mass is 518 g/mol. The molecule has 0 radical (unpaired) electrons. The molecule has 1 N–H and O–H groups in total. The molecule has 1 saturated carbocycles. The molecule has 2 aromatic rings. The molecule has 3 aliphatic rings. The summed E-state index contributed by atoms with van der Waals surface area (Å²) in [7, 11) is 0. The van der Waals surface area contributed by atoms with Crippen molar-refractivity contribution in [2.75, 3.05) is 6.54 Å². The molecule has 3 fully saturated rings. The Kier molecular flexibility index (Phi) is 6.01. The summed E-state index contributed by atoms with van der Waals surface area (Å²) in [5, 5.41) is 11.6. The van der Waals surface area contributed by atoms with Crippen LogP contribution in [0.5, 0.6) is 0 Å². The van der Waals surface area contributed by atoms with E-state index in [1.165, 1.54) is 0 Å². The molecule has 1 amide bonds.